The molecule has 0 spiro atoms. The van der Waals surface area contributed by atoms with E-state index in [2.05, 4.69) is 38.5 Å². The molecule has 1 heterocycles. The van der Waals surface area contributed by atoms with Gasteiger partial charge in [0, 0.05) is 22.5 Å². The maximum Gasteiger partial charge on any atom is 0.138 e. The Kier molecular flexibility index (Phi) is 2.80. The second-order valence-corrected chi connectivity index (χ2v) is 5.03. The minimum atomic E-state index is 0.104. The van der Waals surface area contributed by atoms with E-state index >= 15 is 0 Å². The Morgan fingerprint density at radius 2 is 2.31 bits per heavy atom. The predicted octanol–water partition coefficient (Wildman–Crippen LogP) is 2.84. The maximum atomic E-state index is 6.00. The molecular weight excluding hydrogens is 345 g/mol. The molecule has 0 radical (unpaired) electrons. The third-order valence-electron chi connectivity index (χ3n) is 2.14. The zero-order valence-electron chi connectivity index (χ0n) is 6.89. The van der Waals surface area contributed by atoms with Crippen molar-refractivity contribution in [1.29, 1.82) is 0 Å². The fourth-order valence-electron chi connectivity index (χ4n) is 1.47. The summed E-state index contributed by atoms with van der Waals surface area (Å²) < 4.78 is 7.77. The van der Waals surface area contributed by atoms with E-state index < -0.39 is 0 Å². The Hall–Kier alpha value is 0.190. The lowest BCUT2D eigenvalue weighted by Gasteiger charge is -2.24. The summed E-state index contributed by atoms with van der Waals surface area (Å²) in [4.78, 5) is 0. The van der Waals surface area contributed by atoms with Crippen molar-refractivity contribution in [3.63, 3.8) is 0 Å². The van der Waals surface area contributed by atoms with Gasteiger partial charge >= 0.3 is 0 Å². The molecule has 1 aliphatic heterocycles. The molecule has 0 saturated heterocycles. The van der Waals surface area contributed by atoms with Crippen LogP contribution in [0, 0.1) is 3.57 Å². The second kappa shape index (κ2) is 3.74. The molecule has 13 heavy (non-hydrogen) atoms. The maximum absolute atomic E-state index is 6.00. The van der Waals surface area contributed by atoms with Crippen LogP contribution in [0.15, 0.2) is 16.6 Å². The predicted molar refractivity (Wildman–Crippen MR) is 63.9 cm³/mol. The summed E-state index contributed by atoms with van der Waals surface area (Å²) in [6.45, 7) is 0.723. The molecule has 0 aromatic heterocycles. The minimum absolute atomic E-state index is 0.104. The average Bonchev–Trinajstić information content (AvgIpc) is 2.12. The standard InChI is InChI=1S/C9H9BrINO/c10-5-1-2-6(11)9-8(5)7(12)3-4-13-9/h1-2,7H,3-4,12H2/t7-/m0/s1. The molecule has 4 heteroatoms. The van der Waals surface area contributed by atoms with Crippen molar-refractivity contribution in [2.75, 3.05) is 6.61 Å². The van der Waals surface area contributed by atoms with Crippen LogP contribution >= 0.6 is 38.5 Å². The second-order valence-electron chi connectivity index (χ2n) is 3.02. The van der Waals surface area contributed by atoms with Crippen LogP contribution < -0.4 is 10.5 Å². The molecule has 70 valence electrons. The van der Waals surface area contributed by atoms with E-state index in [9.17, 15) is 0 Å². The summed E-state index contributed by atoms with van der Waals surface area (Å²) in [6, 6.07) is 4.16. The number of hydrogen-bond acceptors (Lipinski definition) is 2. The van der Waals surface area contributed by atoms with Gasteiger partial charge in [0.15, 0.2) is 0 Å². The quantitative estimate of drug-likeness (QED) is 0.728. The molecule has 0 unspecified atom stereocenters. The van der Waals surface area contributed by atoms with Crippen LogP contribution in [0.5, 0.6) is 5.75 Å². The zero-order valence-corrected chi connectivity index (χ0v) is 10.6. The number of benzene rings is 1. The van der Waals surface area contributed by atoms with E-state index in [0.29, 0.717) is 0 Å². The number of ether oxygens (including phenoxy) is 1. The molecule has 0 bridgehead atoms. The van der Waals surface area contributed by atoms with Crippen molar-refractivity contribution < 1.29 is 4.74 Å². The Morgan fingerprint density at radius 3 is 3.00 bits per heavy atom. The van der Waals surface area contributed by atoms with Crippen molar-refractivity contribution in [2.24, 2.45) is 5.73 Å². The van der Waals surface area contributed by atoms with E-state index in [4.69, 9.17) is 10.5 Å². The Bertz CT molecular complexity index is 343. The zero-order chi connectivity index (χ0) is 9.42. The summed E-state index contributed by atoms with van der Waals surface area (Å²) in [5.41, 5.74) is 7.11. The molecule has 0 amide bonds. The summed E-state index contributed by atoms with van der Waals surface area (Å²) in [5, 5.41) is 0. The summed E-state index contributed by atoms with van der Waals surface area (Å²) >= 11 is 5.76. The van der Waals surface area contributed by atoms with Gasteiger partial charge in [0.1, 0.15) is 5.75 Å². The Balaban J connectivity index is 2.60. The molecule has 2 N–H and O–H groups in total. The van der Waals surface area contributed by atoms with E-state index in [1.165, 1.54) is 0 Å². The molecule has 1 aliphatic rings. The van der Waals surface area contributed by atoms with Gasteiger partial charge in [-0.15, -0.1) is 0 Å². The molecule has 0 aliphatic carbocycles. The highest BCUT2D eigenvalue weighted by atomic mass is 127. The van der Waals surface area contributed by atoms with Gasteiger partial charge in [0.05, 0.1) is 10.2 Å². The third-order valence-corrected chi connectivity index (χ3v) is 3.68. The first-order valence-corrected chi connectivity index (χ1v) is 5.93. The van der Waals surface area contributed by atoms with Crippen LogP contribution in [0.4, 0.5) is 0 Å². The molecule has 1 aromatic rings. The molecule has 1 aromatic carbocycles. The molecular formula is C9H9BrINO. The van der Waals surface area contributed by atoms with Crippen molar-refractivity contribution in [1.82, 2.24) is 0 Å². The molecule has 0 fully saturated rings. The molecule has 0 saturated carbocycles. The fourth-order valence-corrected chi connectivity index (χ4v) is 2.71. The van der Waals surface area contributed by atoms with Crippen LogP contribution in [-0.2, 0) is 0 Å². The first-order chi connectivity index (χ1) is 6.20. The van der Waals surface area contributed by atoms with E-state index in [0.717, 1.165) is 32.4 Å². The van der Waals surface area contributed by atoms with Gasteiger partial charge in [0.25, 0.3) is 0 Å². The number of nitrogens with two attached hydrogens (primary N) is 1. The first kappa shape index (κ1) is 9.73. The van der Waals surface area contributed by atoms with Gasteiger partial charge in [-0.25, -0.2) is 0 Å². The van der Waals surface area contributed by atoms with E-state index in [-0.39, 0.29) is 6.04 Å². The van der Waals surface area contributed by atoms with Crippen LogP contribution in [0.2, 0.25) is 0 Å². The number of halogens is 2. The highest BCUT2D eigenvalue weighted by Crippen LogP contribution is 2.39. The lowest BCUT2D eigenvalue weighted by Crippen LogP contribution is -2.21. The summed E-state index contributed by atoms with van der Waals surface area (Å²) in [7, 11) is 0. The van der Waals surface area contributed by atoms with Crippen LogP contribution in [0.3, 0.4) is 0 Å². The molecule has 1 atom stereocenters. The molecule has 2 nitrogen and oxygen atoms in total. The lowest BCUT2D eigenvalue weighted by atomic mass is 10.0. The van der Waals surface area contributed by atoms with Crippen molar-refractivity contribution in [3.8, 4) is 5.75 Å². The van der Waals surface area contributed by atoms with Crippen LogP contribution in [0.25, 0.3) is 0 Å². The number of fused-ring (bicyclic) bond motifs is 1. The average molecular weight is 354 g/mol. The highest BCUT2D eigenvalue weighted by Gasteiger charge is 2.22. The monoisotopic (exact) mass is 353 g/mol. The fraction of sp³-hybridized carbons (Fsp3) is 0.333. The van der Waals surface area contributed by atoms with Crippen molar-refractivity contribution in [2.45, 2.75) is 12.5 Å². The molecule has 2 rings (SSSR count). The van der Waals surface area contributed by atoms with E-state index in [1.54, 1.807) is 0 Å². The van der Waals surface area contributed by atoms with Crippen LogP contribution in [0.1, 0.15) is 18.0 Å². The van der Waals surface area contributed by atoms with E-state index in [1.807, 2.05) is 12.1 Å². The number of rotatable bonds is 0. The van der Waals surface area contributed by atoms with Gasteiger partial charge in [-0.3, -0.25) is 0 Å². The number of hydrogen-bond donors (Lipinski definition) is 1. The Morgan fingerprint density at radius 1 is 1.54 bits per heavy atom. The van der Waals surface area contributed by atoms with Gasteiger partial charge in [-0.1, -0.05) is 15.9 Å². The first-order valence-electron chi connectivity index (χ1n) is 4.06. The third kappa shape index (κ3) is 1.71. The summed E-state index contributed by atoms with van der Waals surface area (Å²) in [6.07, 6.45) is 0.895. The summed E-state index contributed by atoms with van der Waals surface area (Å²) in [5.74, 6) is 0.953. The SMILES string of the molecule is N[C@H]1CCOc2c(I)ccc(Br)c21. The highest BCUT2D eigenvalue weighted by molar-refractivity contribution is 14.1. The topological polar surface area (TPSA) is 35.2 Å². The van der Waals surface area contributed by atoms with Crippen molar-refractivity contribution >= 4 is 38.5 Å². The van der Waals surface area contributed by atoms with Gasteiger partial charge in [-0.05, 0) is 34.7 Å². The van der Waals surface area contributed by atoms with Gasteiger partial charge in [0.2, 0.25) is 0 Å². The van der Waals surface area contributed by atoms with Gasteiger partial charge in [-0.2, -0.15) is 0 Å². The van der Waals surface area contributed by atoms with Gasteiger partial charge < -0.3 is 10.5 Å². The Labute approximate surface area is 99.1 Å². The lowest BCUT2D eigenvalue weighted by molar-refractivity contribution is 0.266. The largest absolute Gasteiger partial charge is 0.492 e. The normalized spacial score (nSPS) is 20.7. The minimum Gasteiger partial charge on any atom is -0.492 e. The van der Waals surface area contributed by atoms with Crippen LogP contribution in [-0.4, -0.2) is 6.61 Å². The van der Waals surface area contributed by atoms with Crippen molar-refractivity contribution in [3.05, 3.63) is 25.7 Å². The smallest absolute Gasteiger partial charge is 0.138 e.